The van der Waals surface area contributed by atoms with Gasteiger partial charge in [-0.1, -0.05) is 33.3 Å². The smallest absolute Gasteiger partial charge is 0.213 e. The lowest BCUT2D eigenvalue weighted by Crippen LogP contribution is -2.41. The third kappa shape index (κ3) is 3.22. The van der Waals surface area contributed by atoms with Gasteiger partial charge >= 0.3 is 0 Å². The molecular formula is C15H24N2O. The summed E-state index contributed by atoms with van der Waals surface area (Å²) in [6.07, 6.45) is 6.57. The molecule has 18 heavy (non-hydrogen) atoms. The van der Waals surface area contributed by atoms with Gasteiger partial charge in [-0.25, -0.2) is 4.98 Å². The molecule has 1 fully saturated rings. The molecule has 2 unspecified atom stereocenters. The molecule has 2 atom stereocenters. The van der Waals surface area contributed by atoms with E-state index in [1.54, 1.807) is 0 Å². The maximum atomic E-state index is 6.07. The SMILES string of the molecule is CC(C)(C)c1ccc(OC2CCCCC2N)nc1. The van der Waals surface area contributed by atoms with Crippen LogP contribution in [0.15, 0.2) is 18.3 Å². The molecule has 0 aliphatic heterocycles. The fourth-order valence-electron chi connectivity index (χ4n) is 2.32. The van der Waals surface area contributed by atoms with Gasteiger partial charge in [0.1, 0.15) is 6.10 Å². The zero-order valence-electron chi connectivity index (χ0n) is 11.6. The van der Waals surface area contributed by atoms with Crippen molar-refractivity contribution in [3.05, 3.63) is 23.9 Å². The van der Waals surface area contributed by atoms with Gasteiger partial charge in [0.25, 0.3) is 0 Å². The Balaban J connectivity index is 2.02. The first kappa shape index (κ1) is 13.3. The molecule has 3 heteroatoms. The Kier molecular flexibility index (Phi) is 3.91. The Labute approximate surface area is 110 Å². The van der Waals surface area contributed by atoms with Crippen LogP contribution in [0.5, 0.6) is 5.88 Å². The number of ether oxygens (including phenoxy) is 1. The van der Waals surface area contributed by atoms with E-state index in [2.05, 4.69) is 31.8 Å². The molecule has 0 saturated heterocycles. The second-order valence-corrected chi connectivity index (χ2v) is 6.24. The van der Waals surface area contributed by atoms with E-state index in [1.807, 2.05) is 12.3 Å². The molecule has 0 aromatic carbocycles. The van der Waals surface area contributed by atoms with Crippen LogP contribution in [-0.2, 0) is 5.41 Å². The number of hydrogen-bond donors (Lipinski definition) is 1. The Morgan fingerprint density at radius 2 is 1.94 bits per heavy atom. The molecule has 1 aromatic rings. The van der Waals surface area contributed by atoms with Crippen molar-refractivity contribution < 1.29 is 4.74 Å². The van der Waals surface area contributed by atoms with E-state index in [0.29, 0.717) is 5.88 Å². The maximum absolute atomic E-state index is 6.07. The quantitative estimate of drug-likeness (QED) is 0.875. The van der Waals surface area contributed by atoms with Crippen LogP contribution in [0.1, 0.15) is 52.0 Å². The van der Waals surface area contributed by atoms with Gasteiger partial charge in [-0.2, -0.15) is 0 Å². The molecule has 1 aliphatic rings. The minimum atomic E-state index is 0.131. The molecule has 3 nitrogen and oxygen atoms in total. The summed E-state index contributed by atoms with van der Waals surface area (Å²) >= 11 is 0. The second kappa shape index (κ2) is 5.27. The first-order valence-corrected chi connectivity index (χ1v) is 6.85. The number of aromatic nitrogens is 1. The first-order valence-electron chi connectivity index (χ1n) is 6.85. The fourth-order valence-corrected chi connectivity index (χ4v) is 2.32. The fraction of sp³-hybridized carbons (Fsp3) is 0.667. The van der Waals surface area contributed by atoms with Crippen LogP contribution in [0.25, 0.3) is 0 Å². The van der Waals surface area contributed by atoms with Crippen molar-refractivity contribution in [2.24, 2.45) is 5.73 Å². The van der Waals surface area contributed by atoms with E-state index >= 15 is 0 Å². The summed E-state index contributed by atoms with van der Waals surface area (Å²) in [6, 6.07) is 4.21. The summed E-state index contributed by atoms with van der Waals surface area (Å²) in [7, 11) is 0. The number of nitrogens with zero attached hydrogens (tertiary/aromatic N) is 1. The van der Waals surface area contributed by atoms with Gasteiger partial charge in [0.05, 0.1) is 0 Å². The summed E-state index contributed by atoms with van der Waals surface area (Å²) in [5.41, 5.74) is 7.43. The first-order chi connectivity index (χ1) is 8.47. The molecular weight excluding hydrogens is 224 g/mol. The van der Waals surface area contributed by atoms with E-state index in [-0.39, 0.29) is 17.6 Å². The summed E-state index contributed by atoms with van der Waals surface area (Å²) in [6.45, 7) is 6.55. The lowest BCUT2D eigenvalue weighted by molar-refractivity contribution is 0.126. The normalized spacial score (nSPS) is 24.9. The largest absolute Gasteiger partial charge is 0.473 e. The van der Waals surface area contributed by atoms with E-state index in [0.717, 1.165) is 12.8 Å². The summed E-state index contributed by atoms with van der Waals surface area (Å²) in [4.78, 5) is 4.40. The van der Waals surface area contributed by atoms with Crippen molar-refractivity contribution in [3.8, 4) is 5.88 Å². The third-order valence-electron chi connectivity index (χ3n) is 3.63. The molecule has 0 spiro atoms. The average molecular weight is 248 g/mol. The minimum Gasteiger partial charge on any atom is -0.473 e. The lowest BCUT2D eigenvalue weighted by atomic mass is 9.88. The van der Waals surface area contributed by atoms with Crippen LogP contribution >= 0.6 is 0 Å². The highest BCUT2D eigenvalue weighted by atomic mass is 16.5. The van der Waals surface area contributed by atoms with E-state index in [9.17, 15) is 0 Å². The predicted molar refractivity (Wildman–Crippen MR) is 73.8 cm³/mol. The van der Waals surface area contributed by atoms with Gasteiger partial charge < -0.3 is 10.5 Å². The zero-order valence-corrected chi connectivity index (χ0v) is 11.6. The lowest BCUT2D eigenvalue weighted by Gasteiger charge is -2.28. The standard InChI is InChI=1S/C15H24N2O/c1-15(2,3)11-8-9-14(17-10-11)18-13-7-5-4-6-12(13)16/h8-10,12-13H,4-7,16H2,1-3H3. The van der Waals surface area contributed by atoms with Crippen molar-refractivity contribution in [2.75, 3.05) is 0 Å². The van der Waals surface area contributed by atoms with Gasteiger partial charge in [0.15, 0.2) is 0 Å². The number of hydrogen-bond acceptors (Lipinski definition) is 3. The average Bonchev–Trinajstić information content (AvgIpc) is 2.32. The number of rotatable bonds is 2. The summed E-state index contributed by atoms with van der Waals surface area (Å²) in [5, 5.41) is 0. The van der Waals surface area contributed by atoms with Crippen molar-refractivity contribution in [3.63, 3.8) is 0 Å². The minimum absolute atomic E-state index is 0.131. The highest BCUT2D eigenvalue weighted by Gasteiger charge is 2.24. The monoisotopic (exact) mass is 248 g/mol. The molecule has 1 saturated carbocycles. The molecule has 1 heterocycles. The molecule has 0 bridgehead atoms. The molecule has 1 aliphatic carbocycles. The van der Waals surface area contributed by atoms with Gasteiger partial charge in [-0.15, -0.1) is 0 Å². The Morgan fingerprint density at radius 1 is 1.22 bits per heavy atom. The zero-order chi connectivity index (χ0) is 13.2. The number of pyridine rings is 1. The van der Waals surface area contributed by atoms with Crippen LogP contribution in [0.3, 0.4) is 0 Å². The molecule has 0 amide bonds. The van der Waals surface area contributed by atoms with Crippen molar-refractivity contribution in [1.29, 1.82) is 0 Å². The van der Waals surface area contributed by atoms with Crippen molar-refractivity contribution in [2.45, 2.75) is 64.0 Å². The molecule has 0 radical (unpaired) electrons. The van der Waals surface area contributed by atoms with Gasteiger partial charge in [0, 0.05) is 18.3 Å². The van der Waals surface area contributed by atoms with Crippen LogP contribution in [-0.4, -0.2) is 17.1 Å². The van der Waals surface area contributed by atoms with Crippen molar-refractivity contribution >= 4 is 0 Å². The number of nitrogens with two attached hydrogens (primary N) is 1. The molecule has 2 N–H and O–H groups in total. The highest BCUT2D eigenvalue weighted by molar-refractivity contribution is 5.23. The second-order valence-electron chi connectivity index (χ2n) is 6.24. The van der Waals surface area contributed by atoms with Gasteiger partial charge in [0.2, 0.25) is 5.88 Å². The molecule has 2 rings (SSSR count). The van der Waals surface area contributed by atoms with Crippen LogP contribution in [0.2, 0.25) is 0 Å². The summed E-state index contributed by atoms with van der Waals surface area (Å²) in [5.74, 6) is 0.699. The predicted octanol–water partition coefficient (Wildman–Crippen LogP) is 3.03. The van der Waals surface area contributed by atoms with E-state index < -0.39 is 0 Å². The molecule has 100 valence electrons. The Morgan fingerprint density at radius 3 is 2.50 bits per heavy atom. The van der Waals surface area contributed by atoms with Crippen LogP contribution < -0.4 is 10.5 Å². The van der Waals surface area contributed by atoms with Gasteiger partial charge in [-0.05, 0) is 30.2 Å². The Bertz CT molecular complexity index is 380. The Hall–Kier alpha value is -1.09. The third-order valence-corrected chi connectivity index (χ3v) is 3.63. The van der Waals surface area contributed by atoms with Crippen LogP contribution in [0.4, 0.5) is 0 Å². The van der Waals surface area contributed by atoms with E-state index in [1.165, 1.54) is 18.4 Å². The van der Waals surface area contributed by atoms with Gasteiger partial charge in [-0.3, -0.25) is 0 Å². The highest BCUT2D eigenvalue weighted by Crippen LogP contribution is 2.25. The van der Waals surface area contributed by atoms with Crippen LogP contribution in [0, 0.1) is 0 Å². The van der Waals surface area contributed by atoms with E-state index in [4.69, 9.17) is 10.5 Å². The summed E-state index contributed by atoms with van der Waals surface area (Å²) < 4.78 is 5.90. The molecule has 1 aromatic heterocycles. The van der Waals surface area contributed by atoms with Crippen molar-refractivity contribution in [1.82, 2.24) is 4.98 Å². The maximum Gasteiger partial charge on any atom is 0.213 e. The topological polar surface area (TPSA) is 48.1 Å².